The molecule has 1 saturated heterocycles. The van der Waals surface area contributed by atoms with Crippen LogP contribution in [0, 0.1) is 0 Å². The first-order valence-electron chi connectivity index (χ1n) is 10.0. The highest BCUT2D eigenvalue weighted by Crippen LogP contribution is 2.35. The summed E-state index contributed by atoms with van der Waals surface area (Å²) in [5.74, 6) is -0.793. The molecule has 1 aliphatic heterocycles. The molecule has 31 heavy (non-hydrogen) atoms. The number of benzene rings is 1. The molecular formula is C21H25N5O4S. The number of carbonyl (C=O) groups excluding carboxylic acids is 1. The van der Waals surface area contributed by atoms with Crippen LogP contribution >= 0.6 is 0 Å². The van der Waals surface area contributed by atoms with E-state index in [4.69, 9.17) is 10.5 Å². The number of fused-ring (bicyclic) bond motifs is 1. The Labute approximate surface area is 180 Å². The Morgan fingerprint density at radius 2 is 1.81 bits per heavy atom. The van der Waals surface area contributed by atoms with Crippen LogP contribution in [0.15, 0.2) is 30.3 Å². The molecule has 2 aromatic heterocycles. The number of aromatic nitrogens is 3. The number of rotatable bonds is 5. The first-order chi connectivity index (χ1) is 14.7. The van der Waals surface area contributed by atoms with Crippen LogP contribution in [0.2, 0.25) is 0 Å². The maximum absolute atomic E-state index is 12.4. The van der Waals surface area contributed by atoms with Crippen molar-refractivity contribution >= 4 is 32.7 Å². The Morgan fingerprint density at radius 1 is 1.16 bits per heavy atom. The lowest BCUT2D eigenvalue weighted by atomic mass is 9.97. The molecule has 1 fully saturated rings. The number of nitrogens with two attached hydrogens (primary N) is 1. The normalized spacial score (nSPS) is 15.0. The van der Waals surface area contributed by atoms with Gasteiger partial charge in [0.15, 0.2) is 5.65 Å². The standard InChI is InChI=1S/C21H25N5O4S/c1-13(2)19-18-16(14-4-6-15(7-5-14)25-8-10-30-11-9-25)12-17(20(22)27)23-21(18)26(24-19)31(3,28)29/h4-7,12-13H,8-11H2,1-3H3,(H2,22,27). The number of amides is 1. The summed E-state index contributed by atoms with van der Waals surface area (Å²) < 4.78 is 31.0. The smallest absolute Gasteiger partial charge is 0.267 e. The Kier molecular flexibility index (Phi) is 5.44. The summed E-state index contributed by atoms with van der Waals surface area (Å²) in [5.41, 5.74) is 8.75. The van der Waals surface area contributed by atoms with Crippen molar-refractivity contribution in [3.63, 3.8) is 0 Å². The van der Waals surface area contributed by atoms with Gasteiger partial charge in [-0.1, -0.05) is 26.0 Å². The van der Waals surface area contributed by atoms with Crippen molar-refractivity contribution in [3.05, 3.63) is 41.7 Å². The number of primary amides is 1. The molecule has 2 N–H and O–H groups in total. The summed E-state index contributed by atoms with van der Waals surface area (Å²) in [5, 5.41) is 4.93. The fraction of sp³-hybridized carbons (Fsp3) is 0.381. The molecule has 10 heteroatoms. The van der Waals surface area contributed by atoms with Crippen molar-refractivity contribution in [1.82, 2.24) is 14.2 Å². The second kappa shape index (κ2) is 7.93. The Balaban J connectivity index is 1.94. The Morgan fingerprint density at radius 3 is 2.35 bits per heavy atom. The van der Waals surface area contributed by atoms with Gasteiger partial charge in [0, 0.05) is 18.8 Å². The molecule has 0 unspecified atom stereocenters. The molecule has 3 aromatic rings. The zero-order valence-electron chi connectivity index (χ0n) is 17.7. The van der Waals surface area contributed by atoms with Crippen molar-refractivity contribution in [1.29, 1.82) is 0 Å². The largest absolute Gasteiger partial charge is 0.378 e. The summed E-state index contributed by atoms with van der Waals surface area (Å²) >= 11 is 0. The highest BCUT2D eigenvalue weighted by molar-refractivity contribution is 7.89. The molecular weight excluding hydrogens is 418 g/mol. The average Bonchev–Trinajstić information content (AvgIpc) is 3.14. The van der Waals surface area contributed by atoms with Crippen LogP contribution in [-0.4, -0.2) is 61.1 Å². The summed E-state index contributed by atoms with van der Waals surface area (Å²) in [6, 6.07) is 9.52. The lowest BCUT2D eigenvalue weighted by molar-refractivity contribution is 0.0996. The Hall–Kier alpha value is -2.98. The van der Waals surface area contributed by atoms with Crippen molar-refractivity contribution in [2.24, 2.45) is 5.73 Å². The fourth-order valence-electron chi connectivity index (χ4n) is 3.78. The lowest BCUT2D eigenvalue weighted by Crippen LogP contribution is -2.36. The SMILES string of the molecule is CC(C)c1nn(S(C)(=O)=O)c2nc(C(N)=O)cc(-c3ccc(N4CCOCC4)cc3)c12. The molecule has 9 nitrogen and oxygen atoms in total. The van der Waals surface area contributed by atoms with Gasteiger partial charge in [0.05, 0.1) is 30.5 Å². The summed E-state index contributed by atoms with van der Waals surface area (Å²) in [6.07, 6.45) is 1.05. The fourth-order valence-corrected chi connectivity index (χ4v) is 4.46. The van der Waals surface area contributed by atoms with Crippen LogP contribution in [0.5, 0.6) is 0 Å². The number of morpholine rings is 1. The summed E-state index contributed by atoms with van der Waals surface area (Å²) in [6.45, 7) is 6.89. The highest BCUT2D eigenvalue weighted by Gasteiger charge is 2.25. The van der Waals surface area contributed by atoms with Crippen molar-refractivity contribution in [3.8, 4) is 11.1 Å². The van der Waals surface area contributed by atoms with E-state index < -0.39 is 15.9 Å². The van der Waals surface area contributed by atoms with E-state index in [1.807, 2.05) is 38.1 Å². The second-order valence-electron chi connectivity index (χ2n) is 7.91. The van der Waals surface area contributed by atoms with Gasteiger partial charge in [-0.2, -0.15) is 5.10 Å². The van der Waals surface area contributed by atoms with Gasteiger partial charge >= 0.3 is 0 Å². The molecule has 0 atom stereocenters. The van der Waals surface area contributed by atoms with Gasteiger partial charge in [-0.15, -0.1) is 4.09 Å². The van der Waals surface area contributed by atoms with Crippen LogP contribution in [0.4, 0.5) is 5.69 Å². The quantitative estimate of drug-likeness (QED) is 0.640. The lowest BCUT2D eigenvalue weighted by Gasteiger charge is -2.29. The number of pyridine rings is 1. The summed E-state index contributed by atoms with van der Waals surface area (Å²) in [4.78, 5) is 18.4. The molecule has 164 valence electrons. The molecule has 0 bridgehead atoms. The molecule has 0 saturated carbocycles. The Bertz CT molecular complexity index is 1240. The monoisotopic (exact) mass is 443 g/mol. The highest BCUT2D eigenvalue weighted by atomic mass is 32.2. The van der Waals surface area contributed by atoms with Gasteiger partial charge in [-0.25, -0.2) is 13.4 Å². The first-order valence-corrected chi connectivity index (χ1v) is 11.9. The maximum Gasteiger partial charge on any atom is 0.267 e. The van der Waals surface area contributed by atoms with E-state index in [-0.39, 0.29) is 17.3 Å². The molecule has 1 aliphatic rings. The minimum absolute atomic E-state index is 0.0140. The first kappa shape index (κ1) is 21.3. The number of hydrogen-bond donors (Lipinski definition) is 1. The van der Waals surface area contributed by atoms with E-state index in [1.54, 1.807) is 6.07 Å². The van der Waals surface area contributed by atoms with Crippen LogP contribution < -0.4 is 10.6 Å². The van der Waals surface area contributed by atoms with Crippen LogP contribution in [-0.2, 0) is 14.8 Å². The second-order valence-corrected chi connectivity index (χ2v) is 9.72. The van der Waals surface area contributed by atoms with Crippen LogP contribution in [0.25, 0.3) is 22.2 Å². The minimum Gasteiger partial charge on any atom is -0.378 e. The molecule has 0 spiro atoms. The number of hydrogen-bond acceptors (Lipinski definition) is 7. The number of anilines is 1. The van der Waals surface area contributed by atoms with Crippen molar-refractivity contribution in [2.75, 3.05) is 37.5 Å². The third-order valence-corrected chi connectivity index (χ3v) is 6.19. The van der Waals surface area contributed by atoms with Gasteiger partial charge in [0.2, 0.25) is 0 Å². The van der Waals surface area contributed by atoms with E-state index in [0.717, 1.165) is 34.7 Å². The maximum atomic E-state index is 12.4. The third-order valence-electron chi connectivity index (χ3n) is 5.30. The number of carbonyl (C=O) groups is 1. The molecule has 4 rings (SSSR count). The summed E-state index contributed by atoms with van der Waals surface area (Å²) in [7, 11) is -3.73. The van der Waals surface area contributed by atoms with E-state index in [0.29, 0.717) is 29.9 Å². The van der Waals surface area contributed by atoms with Gasteiger partial charge in [-0.05, 0) is 35.2 Å². The predicted molar refractivity (Wildman–Crippen MR) is 119 cm³/mol. The molecule has 1 aromatic carbocycles. The van der Waals surface area contributed by atoms with Crippen molar-refractivity contribution < 1.29 is 17.9 Å². The van der Waals surface area contributed by atoms with Crippen LogP contribution in [0.3, 0.4) is 0 Å². The van der Waals surface area contributed by atoms with Gasteiger partial charge in [0.25, 0.3) is 15.9 Å². The van der Waals surface area contributed by atoms with Gasteiger partial charge in [-0.3, -0.25) is 4.79 Å². The van der Waals surface area contributed by atoms with E-state index >= 15 is 0 Å². The van der Waals surface area contributed by atoms with E-state index in [1.165, 1.54) is 0 Å². The third kappa shape index (κ3) is 4.00. The predicted octanol–water partition coefficient (Wildman–Crippen LogP) is 1.96. The molecule has 3 heterocycles. The topological polar surface area (TPSA) is 120 Å². The number of nitrogens with zero attached hydrogens (tertiary/aromatic N) is 4. The van der Waals surface area contributed by atoms with Crippen LogP contribution in [0.1, 0.15) is 35.9 Å². The van der Waals surface area contributed by atoms with E-state index in [9.17, 15) is 13.2 Å². The molecule has 1 amide bonds. The van der Waals surface area contributed by atoms with Crippen molar-refractivity contribution in [2.45, 2.75) is 19.8 Å². The minimum atomic E-state index is -3.73. The van der Waals surface area contributed by atoms with E-state index in [2.05, 4.69) is 15.0 Å². The van der Waals surface area contributed by atoms with Gasteiger partial charge in [0.1, 0.15) is 5.69 Å². The zero-order valence-corrected chi connectivity index (χ0v) is 18.5. The average molecular weight is 444 g/mol. The molecule has 0 aliphatic carbocycles. The number of ether oxygens (including phenoxy) is 1. The molecule has 0 radical (unpaired) electrons. The van der Waals surface area contributed by atoms with Gasteiger partial charge < -0.3 is 15.4 Å². The zero-order chi connectivity index (χ0) is 22.3.